The Bertz CT molecular complexity index is 283. The lowest BCUT2D eigenvalue weighted by atomic mass is 10.4. The van der Waals surface area contributed by atoms with Gasteiger partial charge in [-0.3, -0.25) is 0 Å². The van der Waals surface area contributed by atoms with Crippen molar-refractivity contribution < 1.29 is 4.74 Å². The Labute approximate surface area is 88.1 Å². The topological polar surface area (TPSA) is 38.2 Å². The van der Waals surface area contributed by atoms with Gasteiger partial charge in [-0.15, -0.1) is 4.37 Å². The Balaban J connectivity index is 1.94. The van der Waals surface area contributed by atoms with Gasteiger partial charge in [0, 0.05) is 24.6 Å². The maximum Gasteiger partial charge on any atom is 0.330 e. The Morgan fingerprint density at radius 2 is 2.21 bits per heavy atom. The molecule has 0 aliphatic carbocycles. The second-order valence-electron chi connectivity index (χ2n) is 3.40. The van der Waals surface area contributed by atoms with E-state index < -0.39 is 0 Å². The van der Waals surface area contributed by atoms with Crippen molar-refractivity contribution in [2.45, 2.75) is 26.2 Å². The Morgan fingerprint density at radius 3 is 2.93 bits per heavy atom. The van der Waals surface area contributed by atoms with Gasteiger partial charge >= 0.3 is 6.01 Å². The molecule has 0 aromatic carbocycles. The van der Waals surface area contributed by atoms with Gasteiger partial charge in [0.05, 0.1) is 6.61 Å². The molecule has 0 saturated carbocycles. The predicted molar refractivity (Wildman–Crippen MR) is 57.1 cm³/mol. The van der Waals surface area contributed by atoms with E-state index >= 15 is 0 Å². The van der Waals surface area contributed by atoms with Gasteiger partial charge in [-0.05, 0) is 19.3 Å². The highest BCUT2D eigenvalue weighted by Gasteiger charge is 2.16. The van der Waals surface area contributed by atoms with Crippen LogP contribution in [-0.4, -0.2) is 29.1 Å². The van der Waals surface area contributed by atoms with Crippen LogP contribution in [0.15, 0.2) is 0 Å². The van der Waals surface area contributed by atoms with E-state index in [-0.39, 0.29) is 0 Å². The first kappa shape index (κ1) is 9.71. The molecule has 78 valence electrons. The Hall–Kier alpha value is -0.840. The molecule has 1 aliphatic rings. The highest BCUT2D eigenvalue weighted by atomic mass is 32.1. The first-order chi connectivity index (χ1) is 6.90. The van der Waals surface area contributed by atoms with Gasteiger partial charge in [0.1, 0.15) is 0 Å². The summed E-state index contributed by atoms with van der Waals surface area (Å²) >= 11 is 1.44. The zero-order valence-corrected chi connectivity index (χ0v) is 9.22. The van der Waals surface area contributed by atoms with Crippen LogP contribution in [0.25, 0.3) is 0 Å². The first-order valence-corrected chi connectivity index (χ1v) is 5.89. The number of nitrogens with zero attached hydrogens (tertiary/aromatic N) is 3. The smallest absolute Gasteiger partial charge is 0.330 e. The van der Waals surface area contributed by atoms with Crippen LogP contribution in [0.1, 0.15) is 26.2 Å². The second-order valence-corrected chi connectivity index (χ2v) is 4.13. The molecule has 1 saturated heterocycles. The van der Waals surface area contributed by atoms with Crippen molar-refractivity contribution in [3.8, 4) is 6.01 Å². The molecule has 0 spiro atoms. The predicted octanol–water partition coefficient (Wildman–Crippen LogP) is 1.93. The zero-order valence-electron chi connectivity index (χ0n) is 8.40. The minimum Gasteiger partial charge on any atom is -0.463 e. The second kappa shape index (κ2) is 4.59. The average Bonchev–Trinajstić information content (AvgIpc) is 2.85. The molecule has 0 unspecified atom stereocenters. The van der Waals surface area contributed by atoms with E-state index in [2.05, 4.69) is 21.2 Å². The lowest BCUT2D eigenvalue weighted by Crippen LogP contribution is -2.17. The SMILES string of the molecule is CCCOc1nsc(N2CCCC2)n1. The van der Waals surface area contributed by atoms with Gasteiger partial charge in [-0.25, -0.2) is 0 Å². The van der Waals surface area contributed by atoms with Crippen molar-refractivity contribution in [3.05, 3.63) is 0 Å². The molecule has 0 N–H and O–H groups in total. The minimum absolute atomic E-state index is 0.541. The van der Waals surface area contributed by atoms with Gasteiger partial charge < -0.3 is 9.64 Å². The van der Waals surface area contributed by atoms with Crippen LogP contribution in [0, 0.1) is 0 Å². The summed E-state index contributed by atoms with van der Waals surface area (Å²) in [5, 5.41) is 1.01. The highest BCUT2D eigenvalue weighted by molar-refractivity contribution is 7.09. The number of ether oxygens (including phenoxy) is 1. The van der Waals surface area contributed by atoms with E-state index in [0.29, 0.717) is 12.6 Å². The third-order valence-electron chi connectivity index (χ3n) is 2.21. The number of anilines is 1. The normalized spacial score (nSPS) is 16.2. The monoisotopic (exact) mass is 213 g/mol. The third-order valence-corrected chi connectivity index (χ3v) is 2.97. The molecule has 1 fully saturated rings. The quantitative estimate of drug-likeness (QED) is 0.766. The summed E-state index contributed by atoms with van der Waals surface area (Å²) in [7, 11) is 0. The van der Waals surface area contributed by atoms with Gasteiger partial charge in [0.25, 0.3) is 0 Å². The van der Waals surface area contributed by atoms with E-state index in [4.69, 9.17) is 4.74 Å². The minimum atomic E-state index is 0.541. The molecule has 5 heteroatoms. The molecule has 14 heavy (non-hydrogen) atoms. The highest BCUT2D eigenvalue weighted by Crippen LogP contribution is 2.24. The molecule has 0 amide bonds. The maximum absolute atomic E-state index is 5.36. The number of hydrogen-bond donors (Lipinski definition) is 0. The molecule has 0 bridgehead atoms. The molecule has 1 aliphatic heterocycles. The van der Waals surface area contributed by atoms with Gasteiger partial charge in [-0.2, -0.15) is 4.98 Å². The molecule has 0 radical (unpaired) electrons. The van der Waals surface area contributed by atoms with Crippen LogP contribution in [0.5, 0.6) is 6.01 Å². The van der Waals surface area contributed by atoms with E-state index in [9.17, 15) is 0 Å². The Morgan fingerprint density at radius 1 is 1.43 bits per heavy atom. The fourth-order valence-corrected chi connectivity index (χ4v) is 2.16. The lowest BCUT2D eigenvalue weighted by Gasteiger charge is -2.10. The summed E-state index contributed by atoms with van der Waals surface area (Å²) in [5.74, 6) is 0. The summed E-state index contributed by atoms with van der Waals surface area (Å²) in [4.78, 5) is 6.62. The lowest BCUT2D eigenvalue weighted by molar-refractivity contribution is 0.296. The van der Waals surface area contributed by atoms with Crippen molar-refractivity contribution in [2.24, 2.45) is 0 Å². The molecule has 1 aromatic heterocycles. The summed E-state index contributed by atoms with van der Waals surface area (Å²) in [6, 6.07) is 0.541. The van der Waals surface area contributed by atoms with Crippen LogP contribution in [-0.2, 0) is 0 Å². The molecule has 2 rings (SSSR count). The number of aromatic nitrogens is 2. The van der Waals surface area contributed by atoms with E-state index in [0.717, 1.165) is 24.6 Å². The van der Waals surface area contributed by atoms with Crippen molar-refractivity contribution in [2.75, 3.05) is 24.6 Å². The first-order valence-electron chi connectivity index (χ1n) is 5.11. The standard InChI is InChI=1S/C9H15N3OS/c1-2-7-13-8-10-9(14-11-8)12-5-3-4-6-12/h2-7H2,1H3. The summed E-state index contributed by atoms with van der Waals surface area (Å²) < 4.78 is 9.52. The number of rotatable bonds is 4. The van der Waals surface area contributed by atoms with Gasteiger partial charge in [-0.1, -0.05) is 6.92 Å². The van der Waals surface area contributed by atoms with Crippen molar-refractivity contribution in [1.29, 1.82) is 0 Å². The third kappa shape index (κ3) is 2.15. The molecule has 0 atom stereocenters. The van der Waals surface area contributed by atoms with Crippen LogP contribution >= 0.6 is 11.5 Å². The van der Waals surface area contributed by atoms with Gasteiger partial charge in [0.15, 0.2) is 0 Å². The van der Waals surface area contributed by atoms with Gasteiger partial charge in [0.2, 0.25) is 5.13 Å². The largest absolute Gasteiger partial charge is 0.463 e. The van der Waals surface area contributed by atoms with Crippen LogP contribution in [0.4, 0.5) is 5.13 Å². The fraction of sp³-hybridized carbons (Fsp3) is 0.778. The van der Waals surface area contributed by atoms with Crippen LogP contribution in [0.2, 0.25) is 0 Å². The fourth-order valence-electron chi connectivity index (χ4n) is 1.49. The number of hydrogen-bond acceptors (Lipinski definition) is 5. The summed E-state index contributed by atoms with van der Waals surface area (Å²) in [6.45, 7) is 5.01. The molecular formula is C9H15N3OS. The summed E-state index contributed by atoms with van der Waals surface area (Å²) in [5.41, 5.74) is 0. The van der Waals surface area contributed by atoms with Crippen LogP contribution < -0.4 is 9.64 Å². The maximum atomic E-state index is 5.36. The molecule has 4 nitrogen and oxygen atoms in total. The van der Waals surface area contributed by atoms with Crippen molar-refractivity contribution in [1.82, 2.24) is 9.36 Å². The van der Waals surface area contributed by atoms with E-state index in [1.165, 1.54) is 24.4 Å². The zero-order chi connectivity index (χ0) is 9.80. The van der Waals surface area contributed by atoms with Crippen molar-refractivity contribution >= 4 is 16.7 Å². The summed E-state index contributed by atoms with van der Waals surface area (Å²) in [6.07, 6.45) is 3.54. The van der Waals surface area contributed by atoms with E-state index in [1.807, 2.05) is 0 Å². The Kier molecular flexibility index (Phi) is 3.18. The average molecular weight is 213 g/mol. The molecular weight excluding hydrogens is 198 g/mol. The molecule has 1 aromatic rings. The van der Waals surface area contributed by atoms with E-state index in [1.54, 1.807) is 0 Å². The van der Waals surface area contributed by atoms with Crippen LogP contribution in [0.3, 0.4) is 0 Å². The van der Waals surface area contributed by atoms with Crippen molar-refractivity contribution in [3.63, 3.8) is 0 Å². The molecule has 2 heterocycles.